The average molecular weight is 263 g/mol. The van der Waals surface area contributed by atoms with Crippen LogP contribution in [0.4, 0.5) is 0 Å². The lowest BCUT2D eigenvalue weighted by Gasteiger charge is -2.21. The number of carboxylic acid groups (broad SMARTS) is 1. The Labute approximate surface area is 111 Å². The molecular weight excluding hydrogens is 246 g/mol. The molecule has 0 aliphatic carbocycles. The Balaban J connectivity index is 1.89. The van der Waals surface area contributed by atoms with E-state index >= 15 is 0 Å². The first-order chi connectivity index (χ1) is 9.16. The number of nitrogens with zero attached hydrogens (tertiary/aromatic N) is 1. The van der Waals surface area contributed by atoms with Gasteiger partial charge in [0.15, 0.2) is 0 Å². The van der Waals surface area contributed by atoms with Crippen molar-refractivity contribution < 1.29 is 14.7 Å². The first-order valence-corrected chi connectivity index (χ1v) is 6.33. The summed E-state index contributed by atoms with van der Waals surface area (Å²) in [5.41, 5.74) is 0.732. The van der Waals surface area contributed by atoms with Crippen molar-refractivity contribution in [2.45, 2.75) is 19.4 Å². The first kappa shape index (κ1) is 13.5. The molecule has 19 heavy (non-hydrogen) atoms. The van der Waals surface area contributed by atoms with E-state index in [9.17, 15) is 9.59 Å². The Morgan fingerprint density at radius 1 is 1.53 bits per heavy atom. The summed E-state index contributed by atoms with van der Waals surface area (Å²) in [7, 11) is 0. The van der Waals surface area contributed by atoms with E-state index in [0.717, 1.165) is 19.4 Å². The monoisotopic (exact) mass is 263 g/mol. The van der Waals surface area contributed by atoms with Crippen LogP contribution in [0.1, 0.15) is 28.9 Å². The molecule has 1 atom stereocenters. The minimum Gasteiger partial charge on any atom is -0.478 e. The molecule has 0 bridgehead atoms. The lowest BCUT2D eigenvalue weighted by molar-refractivity contribution is -0.125. The smallest absolute Gasteiger partial charge is 0.335 e. The van der Waals surface area contributed by atoms with Crippen molar-refractivity contribution >= 4 is 11.9 Å². The molecule has 1 saturated heterocycles. The summed E-state index contributed by atoms with van der Waals surface area (Å²) in [6.45, 7) is 1.93. The Bertz CT molecular complexity index is 470. The van der Waals surface area contributed by atoms with E-state index in [4.69, 9.17) is 5.11 Å². The van der Waals surface area contributed by atoms with E-state index in [1.165, 1.54) is 18.3 Å². The summed E-state index contributed by atoms with van der Waals surface area (Å²) < 4.78 is 0. The van der Waals surface area contributed by atoms with Crippen LogP contribution in [0, 0.1) is 5.92 Å². The van der Waals surface area contributed by atoms with Crippen LogP contribution in [0.3, 0.4) is 0 Å². The topological polar surface area (TPSA) is 91.3 Å². The third kappa shape index (κ3) is 3.75. The number of amides is 1. The lowest BCUT2D eigenvalue weighted by atomic mass is 9.99. The van der Waals surface area contributed by atoms with Gasteiger partial charge in [-0.05, 0) is 31.5 Å². The van der Waals surface area contributed by atoms with Crippen molar-refractivity contribution in [3.8, 4) is 0 Å². The number of carbonyl (C=O) groups excluding carboxylic acids is 1. The van der Waals surface area contributed by atoms with Crippen LogP contribution >= 0.6 is 0 Å². The Kier molecular flexibility index (Phi) is 4.46. The quantitative estimate of drug-likeness (QED) is 0.731. The van der Waals surface area contributed by atoms with Gasteiger partial charge in [0.25, 0.3) is 0 Å². The minimum absolute atomic E-state index is 0.00333. The second-order valence-electron chi connectivity index (χ2n) is 4.60. The summed E-state index contributed by atoms with van der Waals surface area (Å²) in [6.07, 6.45) is 3.33. The summed E-state index contributed by atoms with van der Waals surface area (Å²) in [6, 6.07) is 2.90. The number of rotatable bonds is 4. The van der Waals surface area contributed by atoms with Crippen molar-refractivity contribution in [3.05, 3.63) is 29.6 Å². The highest BCUT2D eigenvalue weighted by atomic mass is 16.4. The third-order valence-electron chi connectivity index (χ3n) is 3.17. The molecule has 2 heterocycles. The summed E-state index contributed by atoms with van der Waals surface area (Å²) in [4.78, 5) is 26.8. The molecule has 6 heteroatoms. The number of piperidine rings is 1. The van der Waals surface area contributed by atoms with E-state index < -0.39 is 5.97 Å². The highest BCUT2D eigenvalue weighted by Crippen LogP contribution is 2.10. The van der Waals surface area contributed by atoms with Gasteiger partial charge in [0.2, 0.25) is 5.91 Å². The van der Waals surface area contributed by atoms with Crippen molar-refractivity contribution in [2.24, 2.45) is 5.92 Å². The van der Waals surface area contributed by atoms with Crippen molar-refractivity contribution in [1.29, 1.82) is 0 Å². The molecule has 1 amide bonds. The molecule has 0 saturated carbocycles. The Morgan fingerprint density at radius 2 is 2.37 bits per heavy atom. The number of aromatic carboxylic acids is 1. The molecule has 3 N–H and O–H groups in total. The lowest BCUT2D eigenvalue weighted by Crippen LogP contribution is -2.40. The van der Waals surface area contributed by atoms with Gasteiger partial charge >= 0.3 is 5.97 Å². The number of carboxylic acids is 1. The number of aromatic nitrogens is 1. The molecule has 0 radical (unpaired) electrons. The van der Waals surface area contributed by atoms with Gasteiger partial charge in [0.1, 0.15) is 0 Å². The van der Waals surface area contributed by atoms with E-state index in [1.807, 2.05) is 0 Å². The maximum atomic E-state index is 11.9. The van der Waals surface area contributed by atoms with Crippen LogP contribution in [-0.2, 0) is 11.3 Å². The highest BCUT2D eigenvalue weighted by Gasteiger charge is 2.20. The number of hydrogen-bond donors (Lipinski definition) is 3. The number of nitrogens with one attached hydrogen (secondary N) is 2. The standard InChI is InChI=1S/C13H17N3O3/c17-12(10-2-1-4-14-7-10)16-8-11-6-9(13(18)19)3-5-15-11/h3,5-6,10,14H,1-2,4,7-8H2,(H,16,17)(H,18,19)/t10-/m1/s1. The molecule has 1 aromatic rings. The van der Waals surface area contributed by atoms with Crippen molar-refractivity contribution in [2.75, 3.05) is 13.1 Å². The van der Waals surface area contributed by atoms with Crippen molar-refractivity contribution in [3.63, 3.8) is 0 Å². The SMILES string of the molecule is O=C(O)c1ccnc(CNC(=O)[C@@H]2CCCNC2)c1. The fourth-order valence-electron chi connectivity index (χ4n) is 2.11. The molecule has 102 valence electrons. The zero-order valence-corrected chi connectivity index (χ0v) is 10.6. The number of pyridine rings is 1. The van der Waals surface area contributed by atoms with Gasteiger partial charge in [0, 0.05) is 12.7 Å². The van der Waals surface area contributed by atoms with E-state index in [-0.39, 0.29) is 23.9 Å². The van der Waals surface area contributed by atoms with Gasteiger partial charge in [-0.2, -0.15) is 0 Å². The molecule has 0 spiro atoms. The minimum atomic E-state index is -0.994. The van der Waals surface area contributed by atoms with Crippen molar-refractivity contribution in [1.82, 2.24) is 15.6 Å². The van der Waals surface area contributed by atoms with Crippen LogP contribution < -0.4 is 10.6 Å². The number of hydrogen-bond acceptors (Lipinski definition) is 4. The van der Waals surface area contributed by atoms with Crippen LogP contribution in [0.5, 0.6) is 0 Å². The largest absolute Gasteiger partial charge is 0.478 e. The van der Waals surface area contributed by atoms with Crippen LogP contribution in [0.15, 0.2) is 18.3 Å². The van der Waals surface area contributed by atoms with Gasteiger partial charge in [-0.15, -0.1) is 0 Å². The zero-order chi connectivity index (χ0) is 13.7. The van der Waals surface area contributed by atoms with E-state index in [0.29, 0.717) is 12.2 Å². The van der Waals surface area contributed by atoms with Gasteiger partial charge < -0.3 is 15.7 Å². The maximum absolute atomic E-state index is 11.9. The first-order valence-electron chi connectivity index (χ1n) is 6.33. The molecule has 1 aromatic heterocycles. The fourth-order valence-corrected chi connectivity index (χ4v) is 2.11. The Morgan fingerprint density at radius 3 is 3.05 bits per heavy atom. The van der Waals surface area contributed by atoms with E-state index in [2.05, 4.69) is 15.6 Å². The predicted octanol–water partition coefficient (Wildman–Crippen LogP) is 0.396. The second-order valence-corrected chi connectivity index (χ2v) is 4.60. The van der Waals surface area contributed by atoms with Crippen LogP contribution in [0.2, 0.25) is 0 Å². The van der Waals surface area contributed by atoms with Gasteiger partial charge in [0.05, 0.1) is 23.7 Å². The molecule has 2 rings (SSSR count). The zero-order valence-electron chi connectivity index (χ0n) is 10.6. The molecular formula is C13H17N3O3. The predicted molar refractivity (Wildman–Crippen MR) is 68.6 cm³/mol. The third-order valence-corrected chi connectivity index (χ3v) is 3.17. The maximum Gasteiger partial charge on any atom is 0.335 e. The van der Waals surface area contributed by atoms with Crippen LogP contribution in [0.25, 0.3) is 0 Å². The Hall–Kier alpha value is -1.95. The summed E-state index contributed by atoms with van der Waals surface area (Å²) >= 11 is 0. The van der Waals surface area contributed by atoms with Gasteiger partial charge in [-0.25, -0.2) is 4.79 Å². The molecule has 6 nitrogen and oxygen atoms in total. The normalized spacial score (nSPS) is 18.8. The fraction of sp³-hybridized carbons (Fsp3) is 0.462. The highest BCUT2D eigenvalue weighted by molar-refractivity contribution is 5.87. The number of carbonyl (C=O) groups is 2. The molecule has 1 aliphatic rings. The molecule has 1 aliphatic heterocycles. The molecule has 1 fully saturated rings. The molecule has 0 aromatic carbocycles. The van der Waals surface area contributed by atoms with E-state index in [1.54, 1.807) is 0 Å². The van der Waals surface area contributed by atoms with Crippen LogP contribution in [-0.4, -0.2) is 35.1 Å². The average Bonchev–Trinajstić information content (AvgIpc) is 2.46. The second kappa shape index (κ2) is 6.29. The van der Waals surface area contributed by atoms with Gasteiger partial charge in [-0.1, -0.05) is 0 Å². The summed E-state index contributed by atoms with van der Waals surface area (Å²) in [5.74, 6) is -1.00. The summed E-state index contributed by atoms with van der Waals surface area (Å²) in [5, 5.41) is 14.9. The molecule has 0 unspecified atom stereocenters. The van der Waals surface area contributed by atoms with Gasteiger partial charge in [-0.3, -0.25) is 9.78 Å².